The molecule has 0 spiro atoms. The summed E-state index contributed by atoms with van der Waals surface area (Å²) in [7, 11) is 0. The van der Waals surface area contributed by atoms with Crippen LogP contribution in [0.15, 0.2) is 48.5 Å². The number of rotatable bonds is 15. The van der Waals surface area contributed by atoms with Gasteiger partial charge in [0.1, 0.15) is 5.75 Å². The molecule has 0 aromatic heterocycles. The average Bonchev–Trinajstić information content (AvgIpc) is 2.82. The van der Waals surface area contributed by atoms with E-state index in [0.29, 0.717) is 5.69 Å². The lowest BCUT2D eigenvalue weighted by atomic mass is 10.1. The van der Waals surface area contributed by atoms with Gasteiger partial charge in [-0.2, -0.15) is 0 Å². The lowest BCUT2D eigenvalue weighted by Crippen LogP contribution is -2.29. The maximum Gasteiger partial charge on any atom is 0.313 e. The van der Waals surface area contributed by atoms with Gasteiger partial charge in [-0.15, -0.1) is 0 Å². The number of benzene rings is 2. The molecule has 2 aromatic rings. The minimum atomic E-state index is -1.00. The minimum absolute atomic E-state index is 0.528. The SMILES string of the molecule is CCCCCCCCCCCCOc1ccc(/C=C/c2ccc(NC(=O)C(N)=O)cc2)cc1. The van der Waals surface area contributed by atoms with Gasteiger partial charge in [0.25, 0.3) is 0 Å². The van der Waals surface area contributed by atoms with Crippen LogP contribution in [0.3, 0.4) is 0 Å². The first-order chi connectivity index (χ1) is 16.1. The first-order valence-corrected chi connectivity index (χ1v) is 12.2. The molecule has 0 aliphatic rings. The van der Waals surface area contributed by atoms with E-state index in [0.717, 1.165) is 29.9 Å². The van der Waals surface area contributed by atoms with Gasteiger partial charge in [-0.05, 0) is 41.8 Å². The average molecular weight is 451 g/mol. The number of unbranched alkanes of at least 4 members (excludes halogenated alkanes) is 9. The summed E-state index contributed by atoms with van der Waals surface area (Å²) >= 11 is 0. The van der Waals surface area contributed by atoms with Crippen molar-refractivity contribution in [1.29, 1.82) is 0 Å². The van der Waals surface area contributed by atoms with Crippen LogP contribution in [0.1, 0.15) is 82.3 Å². The maximum atomic E-state index is 11.3. The van der Waals surface area contributed by atoms with Crippen LogP contribution in [-0.2, 0) is 9.59 Å². The van der Waals surface area contributed by atoms with Crippen LogP contribution in [0.4, 0.5) is 5.69 Å². The molecule has 5 nitrogen and oxygen atoms in total. The number of hydrogen-bond acceptors (Lipinski definition) is 3. The Hall–Kier alpha value is -3.08. The van der Waals surface area contributed by atoms with Crippen molar-refractivity contribution in [2.45, 2.75) is 71.1 Å². The highest BCUT2D eigenvalue weighted by Crippen LogP contribution is 2.17. The third kappa shape index (κ3) is 11.4. The summed E-state index contributed by atoms with van der Waals surface area (Å²) in [4.78, 5) is 22.1. The second kappa shape index (κ2) is 15.7. The third-order valence-electron chi connectivity index (χ3n) is 5.51. The van der Waals surface area contributed by atoms with Crippen LogP contribution in [0.25, 0.3) is 12.2 Å². The molecule has 3 N–H and O–H groups in total. The fourth-order valence-electron chi connectivity index (χ4n) is 3.52. The molecule has 2 amide bonds. The first-order valence-electron chi connectivity index (χ1n) is 12.2. The van der Waals surface area contributed by atoms with Gasteiger partial charge in [0.2, 0.25) is 0 Å². The van der Waals surface area contributed by atoms with Crippen LogP contribution < -0.4 is 15.8 Å². The zero-order valence-electron chi connectivity index (χ0n) is 19.9. The number of primary amides is 1. The molecule has 0 atom stereocenters. The van der Waals surface area contributed by atoms with Crippen molar-refractivity contribution < 1.29 is 14.3 Å². The normalized spacial score (nSPS) is 10.9. The van der Waals surface area contributed by atoms with Crippen molar-refractivity contribution >= 4 is 29.7 Å². The van der Waals surface area contributed by atoms with Gasteiger partial charge < -0.3 is 15.8 Å². The van der Waals surface area contributed by atoms with E-state index < -0.39 is 11.8 Å². The number of anilines is 1. The van der Waals surface area contributed by atoms with Gasteiger partial charge in [0, 0.05) is 5.69 Å². The third-order valence-corrected chi connectivity index (χ3v) is 5.51. The molecule has 178 valence electrons. The van der Waals surface area contributed by atoms with Gasteiger partial charge in [-0.25, -0.2) is 0 Å². The highest BCUT2D eigenvalue weighted by Gasteiger charge is 2.07. The molecule has 0 radical (unpaired) electrons. The van der Waals surface area contributed by atoms with Crippen molar-refractivity contribution in [3.05, 3.63) is 59.7 Å². The predicted molar refractivity (Wildman–Crippen MR) is 137 cm³/mol. The van der Waals surface area contributed by atoms with Gasteiger partial charge in [0.15, 0.2) is 0 Å². The molecule has 0 unspecified atom stereocenters. The molecule has 33 heavy (non-hydrogen) atoms. The van der Waals surface area contributed by atoms with E-state index in [4.69, 9.17) is 10.5 Å². The zero-order valence-corrected chi connectivity index (χ0v) is 19.9. The zero-order chi connectivity index (χ0) is 23.7. The number of carbonyl (C=O) groups is 2. The monoisotopic (exact) mass is 450 g/mol. The summed E-state index contributed by atoms with van der Waals surface area (Å²) in [5.74, 6) is -0.929. The topological polar surface area (TPSA) is 81.4 Å². The summed E-state index contributed by atoms with van der Waals surface area (Å²) in [5, 5.41) is 2.44. The molecule has 0 saturated carbocycles. The quantitative estimate of drug-likeness (QED) is 0.183. The lowest BCUT2D eigenvalue weighted by molar-refractivity contribution is -0.134. The Bertz CT molecular complexity index is 858. The van der Waals surface area contributed by atoms with Crippen molar-refractivity contribution in [2.24, 2.45) is 5.73 Å². The van der Waals surface area contributed by atoms with Crippen LogP contribution in [0.5, 0.6) is 5.75 Å². The Kier molecular flexibility index (Phi) is 12.4. The Balaban J connectivity index is 1.62. The molecule has 2 aromatic carbocycles. The molecule has 0 aliphatic carbocycles. The molecular formula is C28H38N2O3. The fraction of sp³-hybridized carbons (Fsp3) is 0.429. The van der Waals surface area contributed by atoms with Crippen molar-refractivity contribution in [3.8, 4) is 5.75 Å². The Labute approximate surface area is 198 Å². The van der Waals surface area contributed by atoms with Gasteiger partial charge >= 0.3 is 11.8 Å². The number of nitrogens with one attached hydrogen (secondary N) is 1. The number of carbonyl (C=O) groups excluding carboxylic acids is 2. The molecular weight excluding hydrogens is 412 g/mol. The number of nitrogens with two attached hydrogens (primary N) is 1. The largest absolute Gasteiger partial charge is 0.494 e. The number of ether oxygens (including phenoxy) is 1. The van der Waals surface area contributed by atoms with E-state index in [1.807, 2.05) is 48.6 Å². The highest BCUT2D eigenvalue weighted by molar-refractivity contribution is 6.39. The predicted octanol–water partition coefficient (Wildman–Crippen LogP) is 6.58. The van der Waals surface area contributed by atoms with E-state index in [-0.39, 0.29) is 0 Å². The second-order valence-corrected chi connectivity index (χ2v) is 8.37. The van der Waals surface area contributed by atoms with E-state index in [2.05, 4.69) is 12.2 Å². The van der Waals surface area contributed by atoms with Crippen LogP contribution >= 0.6 is 0 Å². The van der Waals surface area contributed by atoms with Crippen LogP contribution in [0, 0.1) is 0 Å². The molecule has 0 saturated heterocycles. The Morgan fingerprint density at radius 3 is 1.76 bits per heavy atom. The summed E-state index contributed by atoms with van der Waals surface area (Å²) in [6, 6.07) is 15.2. The standard InChI is InChI=1S/C28H38N2O3/c1-2-3-4-5-6-7-8-9-10-11-22-33-26-20-16-24(17-21-26)13-12-23-14-18-25(19-15-23)30-28(32)27(29)31/h12-21H,2-11,22H2,1H3,(H2,29,31)(H,30,32)/b13-12+. The fourth-order valence-corrected chi connectivity index (χ4v) is 3.52. The summed E-state index contributed by atoms with van der Waals surface area (Å²) in [6.45, 7) is 3.03. The Morgan fingerprint density at radius 2 is 1.24 bits per heavy atom. The van der Waals surface area contributed by atoms with Crippen molar-refractivity contribution in [1.82, 2.24) is 0 Å². The van der Waals surface area contributed by atoms with E-state index in [1.54, 1.807) is 12.1 Å². The van der Waals surface area contributed by atoms with Gasteiger partial charge in [-0.1, -0.05) is 101 Å². The number of hydrogen-bond donors (Lipinski definition) is 2. The van der Waals surface area contributed by atoms with Crippen molar-refractivity contribution in [2.75, 3.05) is 11.9 Å². The van der Waals surface area contributed by atoms with E-state index in [9.17, 15) is 9.59 Å². The summed E-state index contributed by atoms with van der Waals surface area (Å²) < 4.78 is 5.87. The summed E-state index contributed by atoms with van der Waals surface area (Å²) in [5.41, 5.74) is 7.52. The second-order valence-electron chi connectivity index (χ2n) is 8.37. The molecule has 0 aliphatic heterocycles. The van der Waals surface area contributed by atoms with E-state index in [1.165, 1.54) is 57.8 Å². The smallest absolute Gasteiger partial charge is 0.313 e. The van der Waals surface area contributed by atoms with Crippen LogP contribution in [-0.4, -0.2) is 18.4 Å². The minimum Gasteiger partial charge on any atom is -0.494 e. The van der Waals surface area contributed by atoms with Crippen molar-refractivity contribution in [3.63, 3.8) is 0 Å². The summed E-state index contributed by atoms with van der Waals surface area (Å²) in [6.07, 6.45) is 17.2. The number of amides is 2. The molecule has 5 heteroatoms. The molecule has 0 bridgehead atoms. The van der Waals surface area contributed by atoms with Gasteiger partial charge in [0.05, 0.1) is 6.61 Å². The highest BCUT2D eigenvalue weighted by atomic mass is 16.5. The maximum absolute atomic E-state index is 11.3. The first kappa shape index (κ1) is 26.2. The Morgan fingerprint density at radius 1 is 0.758 bits per heavy atom. The van der Waals surface area contributed by atoms with Crippen LogP contribution in [0.2, 0.25) is 0 Å². The van der Waals surface area contributed by atoms with E-state index >= 15 is 0 Å². The molecule has 0 fully saturated rings. The molecule has 0 heterocycles. The molecule has 2 rings (SSSR count). The van der Waals surface area contributed by atoms with Gasteiger partial charge in [-0.3, -0.25) is 9.59 Å². The lowest BCUT2D eigenvalue weighted by Gasteiger charge is -2.07.